The van der Waals surface area contributed by atoms with Gasteiger partial charge in [0.05, 0.1) is 24.0 Å². The molecule has 90 valence electrons. The van der Waals surface area contributed by atoms with Gasteiger partial charge in [0.15, 0.2) is 0 Å². The summed E-state index contributed by atoms with van der Waals surface area (Å²) >= 11 is 0. The van der Waals surface area contributed by atoms with E-state index in [4.69, 9.17) is 10.8 Å². The van der Waals surface area contributed by atoms with Crippen LogP contribution in [0.1, 0.15) is 17.8 Å². The van der Waals surface area contributed by atoms with Crippen molar-refractivity contribution in [3.05, 3.63) is 29.6 Å². The topological polar surface area (TPSA) is 94.0 Å². The van der Waals surface area contributed by atoms with Crippen molar-refractivity contribution in [1.29, 1.82) is 0 Å². The molecular weight excluding hydrogens is 220 g/mol. The summed E-state index contributed by atoms with van der Waals surface area (Å²) in [5, 5.41) is 16.9. The molecule has 1 heterocycles. The van der Waals surface area contributed by atoms with Crippen LogP contribution in [0.3, 0.4) is 0 Å². The average molecular weight is 234 g/mol. The molecule has 1 aromatic rings. The van der Waals surface area contributed by atoms with Gasteiger partial charge in [-0.2, -0.15) is 0 Å². The van der Waals surface area contributed by atoms with Crippen LogP contribution in [0.25, 0.3) is 5.70 Å². The van der Waals surface area contributed by atoms with Gasteiger partial charge in [-0.05, 0) is 12.5 Å². The lowest BCUT2D eigenvalue weighted by molar-refractivity contribution is -0.107. The van der Waals surface area contributed by atoms with Gasteiger partial charge in [0, 0.05) is 6.42 Å². The van der Waals surface area contributed by atoms with E-state index in [-0.39, 0.29) is 19.1 Å². The Morgan fingerprint density at radius 2 is 2.47 bits per heavy atom. The Kier molecular flexibility index (Phi) is 3.46. The van der Waals surface area contributed by atoms with Crippen molar-refractivity contribution in [1.82, 2.24) is 15.0 Å². The summed E-state index contributed by atoms with van der Waals surface area (Å²) < 4.78 is 1.55. The largest absolute Gasteiger partial charge is 0.390 e. The molecule has 17 heavy (non-hydrogen) atoms. The van der Waals surface area contributed by atoms with E-state index in [0.29, 0.717) is 11.4 Å². The maximum absolute atomic E-state index is 10.6. The minimum absolute atomic E-state index is 0.163. The van der Waals surface area contributed by atoms with E-state index in [2.05, 4.69) is 10.3 Å². The highest BCUT2D eigenvalue weighted by atomic mass is 16.3. The maximum Gasteiger partial charge on any atom is 0.126 e. The number of nitrogens with two attached hydrogens (primary N) is 1. The Morgan fingerprint density at radius 3 is 3.12 bits per heavy atom. The predicted octanol–water partition coefficient (Wildman–Crippen LogP) is -0.360. The zero-order valence-electron chi connectivity index (χ0n) is 9.28. The van der Waals surface area contributed by atoms with Crippen LogP contribution in [0, 0.1) is 0 Å². The van der Waals surface area contributed by atoms with E-state index >= 15 is 0 Å². The molecule has 0 fully saturated rings. The van der Waals surface area contributed by atoms with Crippen LogP contribution in [0.15, 0.2) is 18.2 Å². The minimum Gasteiger partial charge on any atom is -0.390 e. The molecule has 0 bridgehead atoms. The number of aromatic nitrogens is 3. The fourth-order valence-corrected chi connectivity index (χ4v) is 1.81. The molecule has 1 aliphatic rings. The van der Waals surface area contributed by atoms with E-state index in [9.17, 15) is 4.79 Å². The number of aliphatic hydroxyl groups is 1. The van der Waals surface area contributed by atoms with Crippen LogP contribution in [-0.2, 0) is 17.8 Å². The van der Waals surface area contributed by atoms with E-state index < -0.39 is 0 Å². The number of hydrogen-bond acceptors (Lipinski definition) is 5. The molecule has 0 aromatic carbocycles. The molecule has 1 aliphatic carbocycles. The lowest BCUT2D eigenvalue weighted by atomic mass is 10.1. The molecule has 0 saturated carbocycles. The second-order valence-electron chi connectivity index (χ2n) is 3.79. The standard InChI is InChI=1S/C11H14N4O2/c12-8-3-1-2-4-10(8)15-11(5-6-16)9(7-17)13-14-15/h1-2,4,6,8,17H,3,5,7,12H2. The van der Waals surface area contributed by atoms with Crippen molar-refractivity contribution in [2.24, 2.45) is 5.73 Å². The Hall–Kier alpha value is -1.79. The lowest BCUT2D eigenvalue weighted by Crippen LogP contribution is -2.27. The summed E-state index contributed by atoms with van der Waals surface area (Å²) in [5.74, 6) is 0. The van der Waals surface area contributed by atoms with Gasteiger partial charge in [0.25, 0.3) is 0 Å². The number of allylic oxidation sites excluding steroid dienone is 2. The number of rotatable bonds is 4. The number of hydrogen-bond donors (Lipinski definition) is 2. The highest BCUT2D eigenvalue weighted by molar-refractivity contribution is 5.60. The summed E-state index contributed by atoms with van der Waals surface area (Å²) in [5.41, 5.74) is 7.77. The van der Waals surface area contributed by atoms with Crippen LogP contribution in [0.5, 0.6) is 0 Å². The zero-order valence-corrected chi connectivity index (χ0v) is 9.28. The van der Waals surface area contributed by atoms with Gasteiger partial charge < -0.3 is 15.6 Å². The first-order valence-electron chi connectivity index (χ1n) is 5.38. The minimum atomic E-state index is -0.235. The Labute approximate surface area is 98.4 Å². The zero-order chi connectivity index (χ0) is 12.3. The molecule has 1 aromatic heterocycles. The normalized spacial score (nSPS) is 19.2. The van der Waals surface area contributed by atoms with Gasteiger partial charge in [0.2, 0.25) is 0 Å². The summed E-state index contributed by atoms with van der Waals surface area (Å²) in [6.45, 7) is -0.235. The average Bonchev–Trinajstić information content (AvgIpc) is 2.73. The van der Waals surface area contributed by atoms with Gasteiger partial charge >= 0.3 is 0 Å². The number of carbonyl (C=O) groups is 1. The van der Waals surface area contributed by atoms with Gasteiger partial charge in [-0.15, -0.1) is 5.10 Å². The smallest absolute Gasteiger partial charge is 0.126 e. The van der Waals surface area contributed by atoms with Crippen molar-refractivity contribution in [2.75, 3.05) is 0 Å². The first kappa shape index (κ1) is 11.7. The molecule has 2 rings (SSSR count). The molecule has 1 unspecified atom stereocenters. The molecule has 0 saturated heterocycles. The van der Waals surface area contributed by atoms with E-state index in [0.717, 1.165) is 18.4 Å². The van der Waals surface area contributed by atoms with E-state index in [1.54, 1.807) is 4.68 Å². The second-order valence-corrected chi connectivity index (χ2v) is 3.79. The first-order valence-corrected chi connectivity index (χ1v) is 5.38. The Morgan fingerprint density at radius 1 is 1.65 bits per heavy atom. The highest BCUT2D eigenvalue weighted by Crippen LogP contribution is 2.19. The van der Waals surface area contributed by atoms with Gasteiger partial charge in [-0.1, -0.05) is 17.4 Å². The molecule has 3 N–H and O–H groups in total. The predicted molar refractivity (Wildman–Crippen MR) is 61.7 cm³/mol. The monoisotopic (exact) mass is 234 g/mol. The quantitative estimate of drug-likeness (QED) is 0.694. The lowest BCUT2D eigenvalue weighted by Gasteiger charge is -2.18. The molecule has 0 radical (unpaired) electrons. The third kappa shape index (κ3) is 2.17. The molecule has 6 heteroatoms. The van der Waals surface area contributed by atoms with Crippen LogP contribution >= 0.6 is 0 Å². The van der Waals surface area contributed by atoms with Crippen LogP contribution in [0.4, 0.5) is 0 Å². The summed E-state index contributed by atoms with van der Waals surface area (Å²) in [6, 6.07) is -0.168. The molecule has 6 nitrogen and oxygen atoms in total. The highest BCUT2D eigenvalue weighted by Gasteiger charge is 2.19. The van der Waals surface area contributed by atoms with Crippen molar-refractivity contribution in [3.63, 3.8) is 0 Å². The van der Waals surface area contributed by atoms with Gasteiger partial charge in [-0.25, -0.2) is 4.68 Å². The van der Waals surface area contributed by atoms with Gasteiger partial charge in [0.1, 0.15) is 12.0 Å². The molecule has 1 atom stereocenters. The van der Waals surface area contributed by atoms with Crippen molar-refractivity contribution >= 4 is 12.0 Å². The fraction of sp³-hybridized carbons (Fsp3) is 0.364. The SMILES string of the molecule is NC1CC=CC=C1n1nnc(CO)c1CC=O. The molecule has 0 aliphatic heterocycles. The Bertz CT molecular complexity index is 476. The first-order chi connectivity index (χ1) is 8.27. The summed E-state index contributed by atoms with van der Waals surface area (Å²) in [4.78, 5) is 10.6. The fourth-order valence-electron chi connectivity index (χ4n) is 1.81. The summed E-state index contributed by atoms with van der Waals surface area (Å²) in [6.07, 6.45) is 7.36. The molecular formula is C11H14N4O2. The van der Waals surface area contributed by atoms with E-state index in [1.807, 2.05) is 18.2 Å². The van der Waals surface area contributed by atoms with Crippen molar-refractivity contribution in [3.8, 4) is 0 Å². The van der Waals surface area contributed by atoms with Crippen molar-refractivity contribution in [2.45, 2.75) is 25.5 Å². The number of nitrogens with zero attached hydrogens (tertiary/aromatic N) is 3. The maximum atomic E-state index is 10.6. The molecule has 0 spiro atoms. The van der Waals surface area contributed by atoms with Gasteiger partial charge in [-0.3, -0.25) is 0 Å². The van der Waals surface area contributed by atoms with Crippen LogP contribution < -0.4 is 5.73 Å². The third-order valence-electron chi connectivity index (χ3n) is 2.69. The number of aliphatic hydroxyl groups excluding tert-OH is 1. The number of aldehydes is 1. The van der Waals surface area contributed by atoms with Crippen LogP contribution in [-0.4, -0.2) is 32.4 Å². The van der Waals surface area contributed by atoms with Crippen molar-refractivity contribution < 1.29 is 9.90 Å². The Balaban J connectivity index is 2.44. The summed E-state index contributed by atoms with van der Waals surface area (Å²) in [7, 11) is 0. The van der Waals surface area contributed by atoms with Crippen LogP contribution in [0.2, 0.25) is 0 Å². The molecule has 0 amide bonds. The third-order valence-corrected chi connectivity index (χ3v) is 2.69. The van der Waals surface area contributed by atoms with E-state index in [1.165, 1.54) is 0 Å². The number of carbonyl (C=O) groups excluding carboxylic acids is 1. The second kappa shape index (κ2) is 5.03.